The summed E-state index contributed by atoms with van der Waals surface area (Å²) in [6.45, 7) is 13.0. The topological polar surface area (TPSA) is 77.1 Å². The fraction of sp³-hybridized carbons (Fsp3) is 0.607. The van der Waals surface area contributed by atoms with Crippen molar-refractivity contribution in [3.8, 4) is 11.3 Å². The molecule has 9 heteroatoms. The van der Waals surface area contributed by atoms with Gasteiger partial charge in [0.2, 0.25) is 0 Å². The molecular weight excluding hydrogens is 468 g/mol. The smallest absolute Gasteiger partial charge is 0.410 e. The number of imidazole rings is 1. The number of nitrogens with zero attached hydrogens (tertiary/aromatic N) is 6. The second kappa shape index (κ2) is 10.4. The molecule has 2 atom stereocenters. The van der Waals surface area contributed by atoms with Gasteiger partial charge in [-0.3, -0.25) is 4.40 Å². The lowest BCUT2D eigenvalue weighted by Gasteiger charge is -2.43. The third-order valence-corrected chi connectivity index (χ3v) is 7.07. The number of aromatic nitrogens is 4. The molecule has 1 amide bonds. The maximum Gasteiger partial charge on any atom is 0.410 e. The second-order valence-corrected chi connectivity index (χ2v) is 11.7. The van der Waals surface area contributed by atoms with Gasteiger partial charge in [-0.2, -0.15) is 5.10 Å². The molecule has 2 aliphatic heterocycles. The zero-order valence-electron chi connectivity index (χ0n) is 22.8. The Balaban J connectivity index is 1.39. The van der Waals surface area contributed by atoms with Crippen molar-refractivity contribution in [1.82, 2.24) is 24.1 Å². The summed E-state index contributed by atoms with van der Waals surface area (Å²) in [5, 5.41) is 4.61. The van der Waals surface area contributed by atoms with E-state index in [4.69, 9.17) is 14.5 Å². The molecule has 0 N–H and O–H groups in total. The molecule has 2 unspecified atom stereocenters. The van der Waals surface area contributed by atoms with E-state index < -0.39 is 5.60 Å². The van der Waals surface area contributed by atoms with E-state index in [1.165, 1.54) is 6.42 Å². The van der Waals surface area contributed by atoms with Crippen LogP contribution in [0.1, 0.15) is 66.5 Å². The quantitative estimate of drug-likeness (QED) is 0.461. The zero-order valence-corrected chi connectivity index (χ0v) is 22.8. The lowest BCUT2D eigenvalue weighted by Crippen LogP contribution is -2.56. The van der Waals surface area contributed by atoms with Crippen LogP contribution in [-0.4, -0.2) is 68.0 Å². The Morgan fingerprint density at radius 2 is 2.05 bits per heavy atom. The summed E-state index contributed by atoms with van der Waals surface area (Å²) in [7, 11) is 0. The van der Waals surface area contributed by atoms with Crippen LogP contribution in [0.3, 0.4) is 0 Å². The van der Waals surface area contributed by atoms with Crippen LogP contribution < -0.4 is 4.90 Å². The summed E-state index contributed by atoms with van der Waals surface area (Å²) in [5.41, 5.74) is 3.56. The Bertz CT molecular complexity index is 1220. The van der Waals surface area contributed by atoms with E-state index in [1.807, 2.05) is 48.9 Å². The second-order valence-electron chi connectivity index (χ2n) is 11.7. The number of carbonyl (C=O) groups excluding carboxylic acids is 1. The van der Waals surface area contributed by atoms with Gasteiger partial charge in [-0.05, 0) is 64.5 Å². The largest absolute Gasteiger partial charge is 0.444 e. The summed E-state index contributed by atoms with van der Waals surface area (Å²) in [6, 6.07) is 4.37. The first kappa shape index (κ1) is 25.6. The Kier molecular flexibility index (Phi) is 7.16. The number of piperazine rings is 1. The first-order valence-electron chi connectivity index (χ1n) is 13.6. The van der Waals surface area contributed by atoms with E-state index in [9.17, 15) is 4.79 Å². The first-order chi connectivity index (χ1) is 17.7. The molecule has 0 spiro atoms. The molecule has 200 valence electrons. The molecule has 2 aliphatic rings. The molecule has 0 radical (unpaired) electrons. The first-order valence-corrected chi connectivity index (χ1v) is 13.6. The van der Waals surface area contributed by atoms with Crippen molar-refractivity contribution in [2.24, 2.45) is 5.92 Å². The highest BCUT2D eigenvalue weighted by molar-refractivity contribution is 5.76. The minimum atomic E-state index is -0.509. The minimum absolute atomic E-state index is 0.0132. The Morgan fingerprint density at radius 1 is 1.22 bits per heavy atom. The third kappa shape index (κ3) is 5.61. The zero-order chi connectivity index (χ0) is 26.2. The van der Waals surface area contributed by atoms with Crippen LogP contribution >= 0.6 is 0 Å². The van der Waals surface area contributed by atoms with Gasteiger partial charge >= 0.3 is 6.09 Å². The number of hydrogen-bond acceptors (Lipinski definition) is 6. The number of pyridine rings is 1. The number of anilines is 1. The van der Waals surface area contributed by atoms with Crippen LogP contribution in [-0.2, 0) is 9.47 Å². The number of fused-ring (bicyclic) bond motifs is 1. The molecule has 5 heterocycles. The molecular formula is C28H40N6O3. The number of rotatable bonds is 5. The van der Waals surface area contributed by atoms with Gasteiger partial charge in [-0.25, -0.2) is 14.5 Å². The summed E-state index contributed by atoms with van der Waals surface area (Å²) in [6.07, 6.45) is 11.8. The normalized spacial score (nSPS) is 21.1. The molecule has 2 fully saturated rings. The molecule has 0 aromatic carbocycles. The van der Waals surface area contributed by atoms with Crippen molar-refractivity contribution in [2.45, 2.75) is 78.2 Å². The lowest BCUT2D eigenvalue weighted by molar-refractivity contribution is -0.0394. The Morgan fingerprint density at radius 3 is 2.78 bits per heavy atom. The molecule has 37 heavy (non-hydrogen) atoms. The maximum atomic E-state index is 13.0. The van der Waals surface area contributed by atoms with Gasteiger partial charge in [0.15, 0.2) is 5.65 Å². The van der Waals surface area contributed by atoms with E-state index in [0.717, 1.165) is 61.6 Å². The van der Waals surface area contributed by atoms with Crippen molar-refractivity contribution in [3.63, 3.8) is 0 Å². The van der Waals surface area contributed by atoms with Crippen molar-refractivity contribution in [3.05, 3.63) is 36.9 Å². The van der Waals surface area contributed by atoms with E-state index >= 15 is 0 Å². The lowest BCUT2D eigenvalue weighted by atomic mass is 10.00. The third-order valence-electron chi connectivity index (χ3n) is 7.07. The summed E-state index contributed by atoms with van der Waals surface area (Å²) in [4.78, 5) is 22.0. The van der Waals surface area contributed by atoms with Gasteiger partial charge in [0.1, 0.15) is 11.8 Å². The van der Waals surface area contributed by atoms with E-state index in [2.05, 4.69) is 46.6 Å². The molecule has 0 bridgehead atoms. The van der Waals surface area contributed by atoms with Gasteiger partial charge in [-0.1, -0.05) is 13.8 Å². The molecule has 3 aromatic heterocycles. The van der Waals surface area contributed by atoms with Crippen LogP contribution in [0.25, 0.3) is 16.9 Å². The molecule has 2 saturated heterocycles. The monoisotopic (exact) mass is 508 g/mol. The van der Waals surface area contributed by atoms with E-state index in [-0.39, 0.29) is 18.4 Å². The van der Waals surface area contributed by atoms with Crippen LogP contribution in [0, 0.1) is 5.92 Å². The van der Waals surface area contributed by atoms with Crippen LogP contribution in [0.5, 0.6) is 0 Å². The van der Waals surface area contributed by atoms with E-state index in [0.29, 0.717) is 12.5 Å². The molecule has 5 rings (SSSR count). The SMILES string of the molecule is CC(C)CC1CN(c2ccc(-c3cnn(C4CCCCO4)c3)n3ccnc23)CCN1C(=O)OC(C)(C)C. The summed E-state index contributed by atoms with van der Waals surface area (Å²) < 4.78 is 15.7. The fourth-order valence-electron chi connectivity index (χ4n) is 5.42. The highest BCUT2D eigenvalue weighted by Crippen LogP contribution is 2.31. The van der Waals surface area contributed by atoms with E-state index in [1.54, 1.807) is 0 Å². The van der Waals surface area contributed by atoms with Gasteiger partial charge < -0.3 is 19.3 Å². The average molecular weight is 509 g/mol. The van der Waals surface area contributed by atoms with Crippen molar-refractivity contribution in [1.29, 1.82) is 0 Å². The predicted molar refractivity (Wildman–Crippen MR) is 144 cm³/mol. The molecule has 0 saturated carbocycles. The standard InChI is InChI=1S/C28H40N6O3/c1-20(2)16-22-19-31(13-14-32(22)27(35)37-28(3,4)5)24-10-9-23(33-12-11-29-26(24)33)21-17-30-34(18-21)25-8-6-7-15-36-25/h9-12,17-18,20,22,25H,6-8,13-16,19H2,1-5H3. The highest BCUT2D eigenvalue weighted by atomic mass is 16.6. The average Bonchev–Trinajstić information content (AvgIpc) is 3.53. The fourth-order valence-corrected chi connectivity index (χ4v) is 5.42. The number of carbonyl (C=O) groups is 1. The summed E-state index contributed by atoms with van der Waals surface area (Å²) >= 11 is 0. The van der Waals surface area contributed by atoms with Crippen LogP contribution in [0.15, 0.2) is 36.9 Å². The van der Waals surface area contributed by atoms with Crippen molar-refractivity contribution >= 4 is 17.4 Å². The Labute approximate surface area is 219 Å². The summed E-state index contributed by atoms with van der Waals surface area (Å²) in [5.74, 6) is 0.466. The number of ether oxygens (including phenoxy) is 2. The van der Waals surface area contributed by atoms with Gasteiger partial charge in [0.05, 0.1) is 23.6 Å². The molecule has 3 aromatic rings. The van der Waals surface area contributed by atoms with Gasteiger partial charge in [0.25, 0.3) is 0 Å². The van der Waals surface area contributed by atoms with Crippen molar-refractivity contribution < 1.29 is 14.3 Å². The van der Waals surface area contributed by atoms with Gasteiger partial charge in [0, 0.05) is 50.4 Å². The number of amides is 1. The van der Waals surface area contributed by atoms with Crippen molar-refractivity contribution in [2.75, 3.05) is 31.1 Å². The Hall–Kier alpha value is -3.07. The maximum absolute atomic E-state index is 13.0. The number of hydrogen-bond donors (Lipinski definition) is 0. The van der Waals surface area contributed by atoms with Gasteiger partial charge in [-0.15, -0.1) is 0 Å². The predicted octanol–water partition coefficient (Wildman–Crippen LogP) is 5.37. The molecule has 0 aliphatic carbocycles. The minimum Gasteiger partial charge on any atom is -0.444 e. The van der Waals surface area contributed by atoms with Crippen LogP contribution in [0.2, 0.25) is 0 Å². The highest BCUT2D eigenvalue weighted by Gasteiger charge is 2.34. The molecule has 9 nitrogen and oxygen atoms in total. The van der Waals surface area contributed by atoms with Crippen LogP contribution in [0.4, 0.5) is 10.5 Å².